The highest BCUT2D eigenvalue weighted by Crippen LogP contribution is 2.39. The van der Waals surface area contributed by atoms with Crippen LogP contribution in [0.4, 0.5) is 0 Å². The molecule has 4 atom stereocenters. The molecule has 0 bridgehead atoms. The second-order valence-corrected chi connectivity index (χ2v) is 16.9. The lowest BCUT2D eigenvalue weighted by Crippen LogP contribution is -2.29. The lowest BCUT2D eigenvalue weighted by Gasteiger charge is -2.22. The summed E-state index contributed by atoms with van der Waals surface area (Å²) in [6.07, 6.45) is 30.7. The van der Waals surface area contributed by atoms with Crippen LogP contribution in [0.3, 0.4) is 0 Å². The average molecular weight is 827 g/mol. The molecule has 0 radical (unpaired) electrons. The smallest absolute Gasteiger partial charge is 0.362 e. The van der Waals surface area contributed by atoms with Gasteiger partial charge in [0.15, 0.2) is 6.10 Å². The molecule has 0 spiro atoms. The highest BCUT2D eigenvalue weighted by Gasteiger charge is 2.24. The van der Waals surface area contributed by atoms with E-state index < -0.39 is 26.7 Å². The van der Waals surface area contributed by atoms with Gasteiger partial charge in [0.05, 0.1) is 25.9 Å². The average Bonchev–Trinajstić information content (AvgIpc) is 3.23. The fraction of sp³-hybridized carbons (Fsp3) is 0.826. The van der Waals surface area contributed by atoms with E-state index in [1.165, 1.54) is 136 Å². The summed E-state index contributed by atoms with van der Waals surface area (Å²) in [5.41, 5.74) is 0.650. The van der Waals surface area contributed by atoms with Gasteiger partial charge in [0.1, 0.15) is 6.61 Å². The van der Waals surface area contributed by atoms with Crippen LogP contribution >= 0.6 is 8.60 Å². The molecule has 0 heterocycles. The minimum absolute atomic E-state index is 0.119. The Bertz CT molecular complexity index is 1030. The SMILES string of the molecule is CCCCCCCCCCCCCCCC(=O)OCC(COP(OC)OOCC(CO)C(O)c1ccccc1)OC(=O)CCCCCCCCCCCCCCC. The Morgan fingerprint density at radius 3 is 1.47 bits per heavy atom. The number of carbonyl (C=O) groups excluding carboxylic acids is 2. The number of ether oxygens (including phenoxy) is 2. The number of benzene rings is 1. The predicted octanol–water partition coefficient (Wildman–Crippen LogP) is 12.6. The van der Waals surface area contributed by atoms with Gasteiger partial charge in [-0.15, -0.1) is 0 Å². The van der Waals surface area contributed by atoms with E-state index in [1.807, 2.05) is 18.2 Å². The van der Waals surface area contributed by atoms with E-state index in [1.54, 1.807) is 12.1 Å². The lowest BCUT2D eigenvalue weighted by atomic mass is 9.97. The molecule has 10 nitrogen and oxygen atoms in total. The molecule has 0 aromatic heterocycles. The summed E-state index contributed by atoms with van der Waals surface area (Å²) in [4.78, 5) is 30.8. The van der Waals surface area contributed by atoms with Gasteiger partial charge in [-0.3, -0.25) is 9.59 Å². The summed E-state index contributed by atoms with van der Waals surface area (Å²) >= 11 is 0. The van der Waals surface area contributed by atoms with Crippen molar-refractivity contribution in [2.45, 2.75) is 206 Å². The van der Waals surface area contributed by atoms with Crippen LogP contribution in [0.2, 0.25) is 0 Å². The molecular weight excluding hydrogens is 743 g/mol. The third-order valence-electron chi connectivity index (χ3n) is 10.4. The van der Waals surface area contributed by atoms with Crippen molar-refractivity contribution in [3.8, 4) is 0 Å². The molecule has 1 rings (SSSR count). The van der Waals surface area contributed by atoms with Crippen LogP contribution in [0.25, 0.3) is 0 Å². The van der Waals surface area contributed by atoms with E-state index >= 15 is 0 Å². The van der Waals surface area contributed by atoms with Gasteiger partial charge in [-0.25, -0.2) is 4.89 Å². The maximum atomic E-state index is 12.8. The molecule has 57 heavy (non-hydrogen) atoms. The van der Waals surface area contributed by atoms with Crippen LogP contribution in [-0.2, 0) is 37.7 Å². The second kappa shape index (κ2) is 39.8. The molecule has 332 valence electrons. The highest BCUT2D eigenvalue weighted by molar-refractivity contribution is 7.41. The summed E-state index contributed by atoms with van der Waals surface area (Å²) in [7, 11) is -0.629. The Morgan fingerprint density at radius 1 is 0.596 bits per heavy atom. The molecule has 11 heteroatoms. The standard InChI is InChI=1S/C46H83O10P/c1-4-6-8-10-12-14-16-18-20-22-24-26-31-35-44(48)52-39-43(55-45(49)36-32-27-25-23-21-19-17-15-13-11-9-7-5-2)40-54-57(51-3)56-53-38-42(37-47)46(50)41-33-29-28-30-34-41/h28-30,33-34,42-43,46-47,50H,4-27,31-32,35-40H2,1-3H3. The zero-order valence-corrected chi connectivity index (χ0v) is 37.2. The third kappa shape index (κ3) is 31.9. The summed E-state index contributed by atoms with van der Waals surface area (Å²) in [6, 6.07) is 9.00. The van der Waals surface area contributed by atoms with Crippen LogP contribution in [0.15, 0.2) is 30.3 Å². The van der Waals surface area contributed by atoms with Gasteiger partial charge in [0, 0.05) is 25.9 Å². The van der Waals surface area contributed by atoms with Crippen molar-refractivity contribution >= 4 is 20.5 Å². The summed E-state index contributed by atoms with van der Waals surface area (Å²) in [5.74, 6) is -1.33. The Hall–Kier alpha value is -1.65. The molecule has 0 saturated carbocycles. The molecule has 0 amide bonds. The minimum Gasteiger partial charge on any atom is -0.462 e. The summed E-state index contributed by atoms with van der Waals surface area (Å²) in [6.45, 7) is 3.80. The number of carbonyl (C=O) groups is 2. The maximum Gasteiger partial charge on any atom is 0.362 e. The van der Waals surface area contributed by atoms with Crippen LogP contribution < -0.4 is 0 Å². The molecule has 0 saturated heterocycles. The normalized spacial score (nSPS) is 13.6. The number of aliphatic hydroxyl groups is 2. The van der Waals surface area contributed by atoms with Crippen LogP contribution in [0.1, 0.15) is 205 Å². The van der Waals surface area contributed by atoms with Gasteiger partial charge in [0.2, 0.25) is 0 Å². The monoisotopic (exact) mass is 827 g/mol. The fourth-order valence-electron chi connectivity index (χ4n) is 6.77. The Labute approximate surface area is 348 Å². The van der Waals surface area contributed by atoms with E-state index in [4.69, 9.17) is 28.1 Å². The molecular formula is C46H83O10P. The first kappa shape index (κ1) is 53.4. The molecule has 2 N–H and O–H groups in total. The quantitative estimate of drug-likeness (QED) is 0.0216. The topological polar surface area (TPSA) is 130 Å². The molecule has 4 unspecified atom stereocenters. The predicted molar refractivity (Wildman–Crippen MR) is 230 cm³/mol. The number of rotatable bonds is 42. The van der Waals surface area contributed by atoms with Gasteiger partial charge >= 0.3 is 20.5 Å². The minimum atomic E-state index is -2.02. The van der Waals surface area contributed by atoms with Crippen LogP contribution in [0, 0.1) is 5.92 Å². The first-order chi connectivity index (χ1) is 27.9. The van der Waals surface area contributed by atoms with Crippen molar-refractivity contribution in [1.29, 1.82) is 0 Å². The van der Waals surface area contributed by atoms with E-state index in [0.717, 1.165) is 38.5 Å². The number of unbranched alkanes of at least 4 members (excludes halogenated alkanes) is 24. The molecule has 0 fully saturated rings. The highest BCUT2D eigenvalue weighted by atomic mass is 31.2. The van der Waals surface area contributed by atoms with Crippen LogP contribution in [0.5, 0.6) is 0 Å². The molecule has 0 aliphatic heterocycles. The van der Waals surface area contributed by atoms with E-state index in [9.17, 15) is 19.8 Å². The first-order valence-corrected chi connectivity index (χ1v) is 24.0. The van der Waals surface area contributed by atoms with Gasteiger partial charge in [-0.1, -0.05) is 198 Å². The van der Waals surface area contributed by atoms with Gasteiger partial charge in [0.25, 0.3) is 0 Å². The van der Waals surface area contributed by atoms with Gasteiger partial charge in [-0.2, -0.15) is 4.67 Å². The van der Waals surface area contributed by atoms with Crippen LogP contribution in [-0.4, -0.2) is 61.8 Å². The fourth-order valence-corrected chi connectivity index (χ4v) is 7.41. The van der Waals surface area contributed by atoms with Crippen molar-refractivity contribution in [3.63, 3.8) is 0 Å². The van der Waals surface area contributed by atoms with Gasteiger partial charge in [-0.05, 0) is 18.4 Å². The van der Waals surface area contributed by atoms with Gasteiger partial charge < -0.3 is 28.7 Å². The van der Waals surface area contributed by atoms with Crippen molar-refractivity contribution < 1.29 is 47.9 Å². The largest absolute Gasteiger partial charge is 0.462 e. The Kier molecular flexibility index (Phi) is 37.3. The molecule has 1 aromatic rings. The van der Waals surface area contributed by atoms with E-state index in [-0.39, 0.29) is 44.8 Å². The third-order valence-corrected chi connectivity index (χ3v) is 11.3. The van der Waals surface area contributed by atoms with Crippen molar-refractivity contribution in [2.24, 2.45) is 5.92 Å². The summed E-state index contributed by atoms with van der Waals surface area (Å²) in [5, 5.41) is 20.5. The van der Waals surface area contributed by atoms with E-state index in [0.29, 0.717) is 12.0 Å². The molecule has 0 aliphatic rings. The van der Waals surface area contributed by atoms with Crippen molar-refractivity contribution in [1.82, 2.24) is 0 Å². The van der Waals surface area contributed by atoms with E-state index in [2.05, 4.69) is 13.8 Å². The number of hydrogen-bond donors (Lipinski definition) is 2. The molecule has 0 aliphatic carbocycles. The molecule has 1 aromatic carbocycles. The number of aliphatic hydroxyl groups excluding tert-OH is 2. The zero-order valence-electron chi connectivity index (χ0n) is 36.4. The summed E-state index contributed by atoms with van der Waals surface area (Å²) < 4.78 is 27.6. The zero-order chi connectivity index (χ0) is 41.4. The van der Waals surface area contributed by atoms with Crippen molar-refractivity contribution in [2.75, 3.05) is 33.5 Å². The number of esters is 2. The maximum absolute atomic E-state index is 12.8. The first-order valence-electron chi connectivity index (χ1n) is 22.9. The Morgan fingerprint density at radius 2 is 1.04 bits per heavy atom. The van der Waals surface area contributed by atoms with Crippen molar-refractivity contribution in [3.05, 3.63) is 35.9 Å². The number of hydrogen-bond acceptors (Lipinski definition) is 10. The lowest BCUT2D eigenvalue weighted by molar-refractivity contribution is -0.234. The Balaban J connectivity index is 2.44. The second-order valence-electron chi connectivity index (χ2n) is 15.6.